The molecule has 1 N–H and O–H groups in total. The van der Waals surface area contributed by atoms with E-state index in [-0.39, 0.29) is 10.8 Å². The van der Waals surface area contributed by atoms with Crippen molar-refractivity contribution in [1.29, 1.82) is 0 Å². The SMILES string of the molecule is FC(F)Oc1cc(-c2cnn(C[C@@H]3CCC(c4ccn[nH]4)C3)c2)ccc1Cl. The molecule has 27 heavy (non-hydrogen) atoms. The summed E-state index contributed by atoms with van der Waals surface area (Å²) < 4.78 is 31.4. The van der Waals surface area contributed by atoms with Gasteiger partial charge in [-0.15, -0.1) is 0 Å². The van der Waals surface area contributed by atoms with Crippen LogP contribution in [0.25, 0.3) is 11.1 Å². The zero-order valence-electron chi connectivity index (χ0n) is 14.5. The second-order valence-corrected chi connectivity index (χ2v) is 7.27. The lowest BCUT2D eigenvalue weighted by molar-refractivity contribution is -0.0497. The first-order valence-electron chi connectivity index (χ1n) is 8.85. The fraction of sp³-hybridized carbons (Fsp3) is 0.368. The maximum absolute atomic E-state index is 12.5. The lowest BCUT2D eigenvalue weighted by Crippen LogP contribution is -2.08. The van der Waals surface area contributed by atoms with E-state index in [0.717, 1.165) is 36.9 Å². The lowest BCUT2D eigenvalue weighted by Gasteiger charge is -2.10. The van der Waals surface area contributed by atoms with Gasteiger partial charge >= 0.3 is 6.61 Å². The number of halogens is 3. The number of rotatable bonds is 6. The van der Waals surface area contributed by atoms with Crippen LogP contribution in [0, 0.1) is 5.92 Å². The van der Waals surface area contributed by atoms with Gasteiger partial charge in [0.2, 0.25) is 0 Å². The summed E-state index contributed by atoms with van der Waals surface area (Å²) in [7, 11) is 0. The van der Waals surface area contributed by atoms with Crippen LogP contribution in [0.3, 0.4) is 0 Å². The molecule has 0 saturated heterocycles. The highest BCUT2D eigenvalue weighted by Crippen LogP contribution is 2.38. The Bertz CT molecular complexity index is 897. The lowest BCUT2D eigenvalue weighted by atomic mass is 10.0. The molecule has 142 valence electrons. The van der Waals surface area contributed by atoms with Gasteiger partial charge in [-0.2, -0.15) is 19.0 Å². The molecule has 1 unspecified atom stereocenters. The van der Waals surface area contributed by atoms with Crippen molar-refractivity contribution in [2.24, 2.45) is 5.92 Å². The topological polar surface area (TPSA) is 55.7 Å². The minimum absolute atomic E-state index is 0.0323. The van der Waals surface area contributed by atoms with Crippen molar-refractivity contribution in [3.05, 3.63) is 53.6 Å². The number of nitrogens with zero attached hydrogens (tertiary/aromatic N) is 3. The van der Waals surface area contributed by atoms with Crippen LogP contribution in [0.1, 0.15) is 30.9 Å². The first-order valence-corrected chi connectivity index (χ1v) is 9.22. The van der Waals surface area contributed by atoms with Crippen LogP contribution < -0.4 is 4.74 Å². The number of alkyl halides is 2. The minimum atomic E-state index is -2.91. The van der Waals surface area contributed by atoms with E-state index >= 15 is 0 Å². The van der Waals surface area contributed by atoms with Crippen LogP contribution in [-0.4, -0.2) is 26.6 Å². The van der Waals surface area contributed by atoms with E-state index in [4.69, 9.17) is 11.6 Å². The first-order chi connectivity index (χ1) is 13.1. The number of hydrogen-bond acceptors (Lipinski definition) is 3. The minimum Gasteiger partial charge on any atom is -0.433 e. The van der Waals surface area contributed by atoms with Crippen molar-refractivity contribution in [2.75, 3.05) is 0 Å². The summed E-state index contributed by atoms with van der Waals surface area (Å²) in [5.41, 5.74) is 2.78. The Labute approximate surface area is 160 Å². The molecule has 0 bridgehead atoms. The van der Waals surface area contributed by atoms with Crippen molar-refractivity contribution >= 4 is 11.6 Å². The van der Waals surface area contributed by atoms with E-state index in [1.165, 1.54) is 11.8 Å². The number of ether oxygens (including phenoxy) is 1. The molecular formula is C19H19ClF2N4O. The fourth-order valence-electron chi connectivity index (χ4n) is 3.76. The van der Waals surface area contributed by atoms with Crippen molar-refractivity contribution < 1.29 is 13.5 Å². The van der Waals surface area contributed by atoms with E-state index in [1.54, 1.807) is 24.5 Å². The highest BCUT2D eigenvalue weighted by Gasteiger charge is 2.27. The van der Waals surface area contributed by atoms with E-state index in [9.17, 15) is 8.78 Å². The Balaban J connectivity index is 1.43. The predicted octanol–water partition coefficient (Wildman–Crippen LogP) is 5.11. The summed E-state index contributed by atoms with van der Waals surface area (Å²) in [6.07, 6.45) is 8.85. The Kier molecular flexibility index (Phi) is 5.11. The maximum Gasteiger partial charge on any atom is 0.387 e. The van der Waals surface area contributed by atoms with E-state index in [1.807, 2.05) is 16.9 Å². The van der Waals surface area contributed by atoms with Gasteiger partial charge in [0.25, 0.3) is 0 Å². The molecule has 1 aromatic carbocycles. The maximum atomic E-state index is 12.5. The van der Waals surface area contributed by atoms with Gasteiger partial charge in [0.05, 0.1) is 11.2 Å². The molecule has 0 aliphatic heterocycles. The van der Waals surface area contributed by atoms with Crippen molar-refractivity contribution in [3.63, 3.8) is 0 Å². The molecule has 1 fully saturated rings. The zero-order valence-corrected chi connectivity index (χ0v) is 15.2. The second kappa shape index (κ2) is 7.68. The van der Waals surface area contributed by atoms with Crippen LogP contribution in [0.15, 0.2) is 42.9 Å². The van der Waals surface area contributed by atoms with Crippen LogP contribution >= 0.6 is 11.6 Å². The monoisotopic (exact) mass is 392 g/mol. The highest BCUT2D eigenvalue weighted by atomic mass is 35.5. The average molecular weight is 393 g/mol. The Hall–Kier alpha value is -2.41. The van der Waals surface area contributed by atoms with Gasteiger partial charge in [-0.1, -0.05) is 17.7 Å². The van der Waals surface area contributed by atoms with Gasteiger partial charge in [-0.05, 0) is 48.9 Å². The Morgan fingerprint density at radius 3 is 2.93 bits per heavy atom. The number of aromatic amines is 1. The Morgan fingerprint density at radius 1 is 1.26 bits per heavy atom. The normalized spacial score (nSPS) is 19.7. The summed E-state index contributed by atoms with van der Waals surface area (Å²) in [6, 6.07) is 6.88. The van der Waals surface area contributed by atoms with Crippen LogP contribution in [-0.2, 0) is 6.54 Å². The number of hydrogen-bond donors (Lipinski definition) is 1. The van der Waals surface area contributed by atoms with Crippen molar-refractivity contribution in [2.45, 2.75) is 38.3 Å². The molecule has 2 heterocycles. The largest absolute Gasteiger partial charge is 0.433 e. The number of H-pyrrole nitrogens is 1. The molecule has 0 amide bonds. The van der Waals surface area contributed by atoms with Gasteiger partial charge in [0.15, 0.2) is 0 Å². The molecule has 1 saturated carbocycles. The van der Waals surface area contributed by atoms with Crippen molar-refractivity contribution in [1.82, 2.24) is 20.0 Å². The summed E-state index contributed by atoms with van der Waals surface area (Å²) in [6.45, 7) is -2.08. The Morgan fingerprint density at radius 2 is 2.15 bits per heavy atom. The highest BCUT2D eigenvalue weighted by molar-refractivity contribution is 6.32. The first kappa shape index (κ1) is 18.0. The molecule has 1 aliphatic rings. The van der Waals surface area contributed by atoms with Gasteiger partial charge < -0.3 is 4.74 Å². The molecule has 8 heteroatoms. The third-order valence-corrected chi connectivity index (χ3v) is 5.37. The van der Waals surface area contributed by atoms with Crippen LogP contribution in [0.4, 0.5) is 8.78 Å². The van der Waals surface area contributed by atoms with E-state index < -0.39 is 6.61 Å². The zero-order chi connectivity index (χ0) is 18.8. The fourth-order valence-corrected chi connectivity index (χ4v) is 3.93. The standard InChI is InChI=1S/C19H19ClF2N4O/c20-16-4-3-13(8-18(16)27-19(21)22)15-9-24-26(11-15)10-12-1-2-14(7-12)17-5-6-23-25-17/h3-6,8-9,11-12,14,19H,1-2,7,10H2,(H,23,25)/t12-,14?/m1/s1. The van der Waals surface area contributed by atoms with Gasteiger partial charge in [-0.25, -0.2) is 0 Å². The smallest absolute Gasteiger partial charge is 0.387 e. The third kappa shape index (κ3) is 4.13. The van der Waals surface area contributed by atoms with E-state index in [0.29, 0.717) is 11.8 Å². The van der Waals surface area contributed by atoms with Crippen LogP contribution in [0.5, 0.6) is 5.75 Å². The molecule has 1 aliphatic carbocycles. The number of benzene rings is 1. The molecule has 3 aromatic rings. The molecule has 2 atom stereocenters. The molecular weight excluding hydrogens is 374 g/mol. The summed E-state index contributed by atoms with van der Waals surface area (Å²) in [4.78, 5) is 0. The van der Waals surface area contributed by atoms with Crippen LogP contribution in [0.2, 0.25) is 5.02 Å². The number of nitrogens with one attached hydrogen (secondary N) is 1. The molecule has 0 radical (unpaired) electrons. The summed E-state index contributed by atoms with van der Waals surface area (Å²) in [5.74, 6) is 1.04. The molecule has 5 nitrogen and oxygen atoms in total. The third-order valence-electron chi connectivity index (χ3n) is 5.06. The van der Waals surface area contributed by atoms with Gasteiger partial charge in [0, 0.05) is 36.1 Å². The molecule has 0 spiro atoms. The van der Waals surface area contributed by atoms with Gasteiger partial charge in [-0.3, -0.25) is 9.78 Å². The summed E-state index contributed by atoms with van der Waals surface area (Å²) in [5, 5.41) is 11.7. The molecule has 2 aromatic heterocycles. The predicted molar refractivity (Wildman–Crippen MR) is 98.0 cm³/mol. The van der Waals surface area contributed by atoms with Crippen molar-refractivity contribution in [3.8, 4) is 16.9 Å². The van der Waals surface area contributed by atoms with E-state index in [2.05, 4.69) is 20.0 Å². The van der Waals surface area contributed by atoms with Gasteiger partial charge in [0.1, 0.15) is 5.75 Å². The second-order valence-electron chi connectivity index (χ2n) is 6.86. The molecule has 4 rings (SSSR count). The quantitative estimate of drug-likeness (QED) is 0.634. The number of aromatic nitrogens is 4. The average Bonchev–Trinajstić information content (AvgIpc) is 3.37. The summed E-state index contributed by atoms with van der Waals surface area (Å²) >= 11 is 5.92.